The van der Waals surface area contributed by atoms with E-state index in [1.807, 2.05) is 13.0 Å². The minimum absolute atomic E-state index is 0.193. The highest BCUT2D eigenvalue weighted by Crippen LogP contribution is 2.27. The van der Waals surface area contributed by atoms with Gasteiger partial charge in [-0.1, -0.05) is 0 Å². The number of carbonyl (C=O) groups is 2. The molecule has 3 N–H and O–H groups in total. The van der Waals surface area contributed by atoms with Crippen molar-refractivity contribution in [3.8, 4) is 0 Å². The number of hydrogen-bond donors (Lipinski definition) is 3. The van der Waals surface area contributed by atoms with Crippen LogP contribution in [0, 0.1) is 16.3 Å². The fourth-order valence-electron chi connectivity index (χ4n) is 1.91. The van der Waals surface area contributed by atoms with Gasteiger partial charge in [0, 0.05) is 9.26 Å². The number of hydrogen-bond acceptors (Lipinski definition) is 3. The molecule has 5 nitrogen and oxygen atoms in total. The Morgan fingerprint density at radius 2 is 1.77 bits per heavy atom. The molecular weight excluding hydrogens is 404 g/mol. The highest BCUT2D eigenvalue weighted by Gasteiger charge is 2.19. The SMILES string of the molecule is Cc1cc(I)ccc1Nc1cc(C(=O)O)cc(C(=O)O)c1F. The summed E-state index contributed by atoms with van der Waals surface area (Å²) in [5.74, 6) is -3.86. The number of carboxylic acids is 2. The van der Waals surface area contributed by atoms with E-state index >= 15 is 0 Å². The van der Waals surface area contributed by atoms with Crippen LogP contribution in [0.1, 0.15) is 26.3 Å². The van der Waals surface area contributed by atoms with Gasteiger partial charge < -0.3 is 15.5 Å². The third-order valence-electron chi connectivity index (χ3n) is 3.01. The van der Waals surface area contributed by atoms with Crippen LogP contribution in [0.4, 0.5) is 15.8 Å². The summed E-state index contributed by atoms with van der Waals surface area (Å²) in [6.07, 6.45) is 0. The van der Waals surface area contributed by atoms with Gasteiger partial charge in [-0.05, 0) is 65.4 Å². The van der Waals surface area contributed by atoms with Crippen LogP contribution in [0.15, 0.2) is 30.3 Å². The summed E-state index contributed by atoms with van der Waals surface area (Å²) in [7, 11) is 0. The summed E-state index contributed by atoms with van der Waals surface area (Å²) >= 11 is 2.13. The van der Waals surface area contributed by atoms with E-state index in [4.69, 9.17) is 10.2 Å². The first-order chi connectivity index (χ1) is 10.3. The lowest BCUT2D eigenvalue weighted by Gasteiger charge is -2.13. The summed E-state index contributed by atoms with van der Waals surface area (Å²) in [6, 6.07) is 7.24. The van der Waals surface area contributed by atoms with Gasteiger partial charge >= 0.3 is 11.9 Å². The molecule has 114 valence electrons. The van der Waals surface area contributed by atoms with E-state index in [1.54, 1.807) is 12.1 Å². The van der Waals surface area contributed by atoms with E-state index in [-0.39, 0.29) is 11.3 Å². The first-order valence-corrected chi connectivity index (χ1v) is 7.20. The van der Waals surface area contributed by atoms with E-state index in [0.29, 0.717) is 5.69 Å². The molecule has 2 aromatic carbocycles. The molecule has 0 aliphatic heterocycles. The first kappa shape index (κ1) is 16.2. The average molecular weight is 415 g/mol. The fraction of sp³-hybridized carbons (Fsp3) is 0.0667. The Morgan fingerprint density at radius 1 is 1.09 bits per heavy atom. The molecule has 0 fully saturated rings. The van der Waals surface area contributed by atoms with Crippen molar-refractivity contribution in [2.75, 3.05) is 5.32 Å². The third-order valence-corrected chi connectivity index (χ3v) is 3.68. The molecule has 0 radical (unpaired) electrons. The number of aromatic carboxylic acids is 2. The molecule has 0 aliphatic rings. The lowest BCUT2D eigenvalue weighted by molar-refractivity contribution is 0.0692. The molecule has 2 rings (SSSR count). The Labute approximate surface area is 138 Å². The number of nitrogens with one attached hydrogen (secondary N) is 1. The van der Waals surface area contributed by atoms with Gasteiger partial charge in [-0.3, -0.25) is 0 Å². The average Bonchev–Trinajstić information content (AvgIpc) is 2.43. The van der Waals surface area contributed by atoms with Crippen LogP contribution in [0.2, 0.25) is 0 Å². The Hall–Kier alpha value is -2.16. The van der Waals surface area contributed by atoms with Crippen LogP contribution in [0.25, 0.3) is 0 Å². The summed E-state index contributed by atoms with van der Waals surface area (Å²) < 4.78 is 15.2. The monoisotopic (exact) mass is 415 g/mol. The van der Waals surface area contributed by atoms with Crippen LogP contribution >= 0.6 is 22.6 Å². The van der Waals surface area contributed by atoms with Crippen molar-refractivity contribution >= 4 is 45.9 Å². The second-order valence-electron chi connectivity index (χ2n) is 4.58. The predicted octanol–water partition coefficient (Wildman–Crippen LogP) is 3.88. The molecule has 0 atom stereocenters. The van der Waals surface area contributed by atoms with E-state index in [1.165, 1.54) is 0 Å². The number of aryl methyl sites for hydroxylation is 1. The van der Waals surface area contributed by atoms with Crippen molar-refractivity contribution < 1.29 is 24.2 Å². The highest BCUT2D eigenvalue weighted by molar-refractivity contribution is 14.1. The van der Waals surface area contributed by atoms with Crippen molar-refractivity contribution in [3.63, 3.8) is 0 Å². The zero-order valence-corrected chi connectivity index (χ0v) is 13.5. The molecule has 0 bridgehead atoms. The second-order valence-corrected chi connectivity index (χ2v) is 5.83. The van der Waals surface area contributed by atoms with E-state index < -0.39 is 23.3 Å². The maximum atomic E-state index is 14.2. The summed E-state index contributed by atoms with van der Waals surface area (Å²) in [6.45, 7) is 1.81. The van der Waals surface area contributed by atoms with Crippen LogP contribution in [0.5, 0.6) is 0 Å². The van der Waals surface area contributed by atoms with Gasteiger partial charge in [-0.25, -0.2) is 14.0 Å². The maximum absolute atomic E-state index is 14.2. The van der Waals surface area contributed by atoms with Crippen molar-refractivity contribution in [2.24, 2.45) is 0 Å². The van der Waals surface area contributed by atoms with Crippen LogP contribution < -0.4 is 5.32 Å². The summed E-state index contributed by atoms with van der Waals surface area (Å²) in [5.41, 5.74) is 0.207. The van der Waals surface area contributed by atoms with Gasteiger partial charge in [0.1, 0.15) is 0 Å². The molecule has 0 aromatic heterocycles. The lowest BCUT2D eigenvalue weighted by atomic mass is 10.1. The zero-order valence-electron chi connectivity index (χ0n) is 11.4. The number of carboxylic acid groups (broad SMARTS) is 2. The quantitative estimate of drug-likeness (QED) is 0.660. The predicted molar refractivity (Wildman–Crippen MR) is 87.5 cm³/mol. The van der Waals surface area contributed by atoms with E-state index in [9.17, 15) is 14.0 Å². The Balaban J connectivity index is 2.54. The summed E-state index contributed by atoms with van der Waals surface area (Å²) in [4.78, 5) is 22.1. The van der Waals surface area contributed by atoms with Crippen molar-refractivity contribution in [3.05, 3.63) is 56.4 Å². The number of benzene rings is 2. The largest absolute Gasteiger partial charge is 0.478 e. The van der Waals surface area contributed by atoms with Crippen LogP contribution in [-0.2, 0) is 0 Å². The Bertz CT molecular complexity index is 776. The molecular formula is C15H11FINO4. The van der Waals surface area contributed by atoms with Gasteiger partial charge in [0.2, 0.25) is 0 Å². The third kappa shape index (κ3) is 3.35. The highest BCUT2D eigenvalue weighted by atomic mass is 127. The molecule has 0 heterocycles. The number of halogens is 2. The maximum Gasteiger partial charge on any atom is 0.338 e. The molecule has 0 spiro atoms. The van der Waals surface area contributed by atoms with E-state index in [0.717, 1.165) is 21.3 Å². The van der Waals surface area contributed by atoms with Gasteiger partial charge in [0.15, 0.2) is 5.82 Å². The molecule has 22 heavy (non-hydrogen) atoms. The van der Waals surface area contributed by atoms with Crippen molar-refractivity contribution in [2.45, 2.75) is 6.92 Å². The standard InChI is InChI=1S/C15H11FINO4/c1-7-4-9(17)2-3-11(7)18-12-6-8(14(19)20)5-10(13(12)16)15(21)22/h2-6,18H,1H3,(H,19,20)(H,21,22). The van der Waals surface area contributed by atoms with Crippen LogP contribution in [0.3, 0.4) is 0 Å². The second kappa shape index (κ2) is 6.30. The molecule has 0 amide bonds. The van der Waals surface area contributed by atoms with Gasteiger partial charge in [-0.2, -0.15) is 0 Å². The minimum Gasteiger partial charge on any atom is -0.478 e. The normalized spacial score (nSPS) is 10.3. The molecule has 0 saturated heterocycles. The van der Waals surface area contributed by atoms with Gasteiger partial charge in [-0.15, -0.1) is 0 Å². The van der Waals surface area contributed by atoms with Crippen molar-refractivity contribution in [1.29, 1.82) is 0 Å². The first-order valence-electron chi connectivity index (χ1n) is 6.13. The van der Waals surface area contributed by atoms with Crippen molar-refractivity contribution in [1.82, 2.24) is 0 Å². The molecule has 2 aromatic rings. The zero-order chi connectivity index (χ0) is 16.4. The topological polar surface area (TPSA) is 86.6 Å². The molecule has 7 heteroatoms. The fourth-order valence-corrected chi connectivity index (χ4v) is 2.55. The Kier molecular flexibility index (Phi) is 4.65. The Morgan fingerprint density at radius 3 is 2.32 bits per heavy atom. The van der Waals surface area contributed by atoms with E-state index in [2.05, 4.69) is 27.9 Å². The molecule has 0 aliphatic carbocycles. The minimum atomic E-state index is -1.53. The number of rotatable bonds is 4. The van der Waals surface area contributed by atoms with Gasteiger partial charge in [0.25, 0.3) is 0 Å². The molecule has 0 unspecified atom stereocenters. The smallest absolute Gasteiger partial charge is 0.338 e. The van der Waals surface area contributed by atoms with Crippen LogP contribution in [-0.4, -0.2) is 22.2 Å². The number of anilines is 2. The molecule has 0 saturated carbocycles. The van der Waals surface area contributed by atoms with Gasteiger partial charge in [0.05, 0.1) is 16.8 Å². The summed E-state index contributed by atoms with van der Waals surface area (Å²) in [5, 5.41) is 20.8. The lowest BCUT2D eigenvalue weighted by Crippen LogP contribution is -2.08.